The van der Waals surface area contributed by atoms with Gasteiger partial charge in [0.05, 0.1) is 6.10 Å². The van der Waals surface area contributed by atoms with Crippen molar-refractivity contribution >= 4 is 0 Å². The van der Waals surface area contributed by atoms with Crippen LogP contribution in [0, 0.1) is 5.92 Å². The van der Waals surface area contributed by atoms with Gasteiger partial charge in [-0.15, -0.1) is 6.58 Å². The van der Waals surface area contributed by atoms with Crippen molar-refractivity contribution in [1.29, 1.82) is 0 Å². The number of unbranched alkanes of at least 4 members (excludes halogenated alkanes) is 3. The molecule has 0 aliphatic heterocycles. The van der Waals surface area contributed by atoms with E-state index in [1.807, 2.05) is 6.08 Å². The van der Waals surface area contributed by atoms with E-state index < -0.39 is 0 Å². The zero-order valence-electron chi connectivity index (χ0n) is 9.75. The Labute approximate surface area is 93.8 Å². The molecule has 0 spiro atoms. The molecule has 15 heavy (non-hydrogen) atoms. The summed E-state index contributed by atoms with van der Waals surface area (Å²) in [4.78, 5) is 0. The second-order valence-corrected chi connectivity index (χ2v) is 4.68. The van der Waals surface area contributed by atoms with E-state index in [1.54, 1.807) is 0 Å². The molecule has 0 aromatic carbocycles. The second kappa shape index (κ2) is 7.89. The molecule has 0 bridgehead atoms. The summed E-state index contributed by atoms with van der Waals surface area (Å²) in [6, 6.07) is 0. The molecule has 1 saturated carbocycles. The van der Waals surface area contributed by atoms with E-state index in [0.29, 0.717) is 5.92 Å². The van der Waals surface area contributed by atoms with Crippen LogP contribution in [-0.2, 0) is 0 Å². The number of aliphatic hydroxyl groups is 1. The summed E-state index contributed by atoms with van der Waals surface area (Å²) in [7, 11) is 0. The maximum atomic E-state index is 9.36. The Hall–Kier alpha value is -0.340. The van der Waals surface area contributed by atoms with E-state index in [0.717, 1.165) is 32.4 Å². The molecule has 0 aromatic heterocycles. The highest BCUT2D eigenvalue weighted by Gasteiger charge is 2.21. The van der Waals surface area contributed by atoms with E-state index in [1.165, 1.54) is 25.7 Å². The van der Waals surface area contributed by atoms with Crippen LogP contribution in [0.1, 0.15) is 44.9 Å². The number of nitrogens with one attached hydrogen (secondary N) is 1. The fraction of sp³-hybridized carbons (Fsp3) is 0.846. The molecule has 2 unspecified atom stereocenters. The van der Waals surface area contributed by atoms with Crippen molar-refractivity contribution in [3.63, 3.8) is 0 Å². The van der Waals surface area contributed by atoms with E-state index in [4.69, 9.17) is 0 Å². The van der Waals surface area contributed by atoms with Gasteiger partial charge in [0.2, 0.25) is 0 Å². The summed E-state index contributed by atoms with van der Waals surface area (Å²) in [5.74, 6) is 0.716. The maximum Gasteiger partial charge on any atom is 0.0543 e. The van der Waals surface area contributed by atoms with E-state index >= 15 is 0 Å². The van der Waals surface area contributed by atoms with Crippen LogP contribution in [0.4, 0.5) is 0 Å². The molecule has 1 rings (SSSR count). The van der Waals surface area contributed by atoms with Crippen LogP contribution in [0.2, 0.25) is 0 Å². The molecule has 1 fully saturated rings. The van der Waals surface area contributed by atoms with Crippen LogP contribution < -0.4 is 5.32 Å². The Balaban J connectivity index is 1.82. The summed E-state index contributed by atoms with van der Waals surface area (Å²) in [5, 5.41) is 12.9. The standard InChI is InChI=1S/C13H25NO/c1-2-3-4-5-6-9-14-11-12-7-8-13(15)10-12/h2,12-15H,1,3-11H2. The van der Waals surface area contributed by atoms with Gasteiger partial charge in [0.1, 0.15) is 0 Å². The molecule has 0 heterocycles. The highest BCUT2D eigenvalue weighted by Crippen LogP contribution is 2.24. The smallest absolute Gasteiger partial charge is 0.0543 e. The lowest BCUT2D eigenvalue weighted by Crippen LogP contribution is -2.22. The molecule has 0 amide bonds. The van der Waals surface area contributed by atoms with Crippen LogP contribution in [0.5, 0.6) is 0 Å². The molecule has 0 radical (unpaired) electrons. The Bertz CT molecular complexity index is 170. The van der Waals surface area contributed by atoms with Crippen molar-refractivity contribution in [2.75, 3.05) is 13.1 Å². The zero-order chi connectivity index (χ0) is 10.9. The molecule has 1 aliphatic carbocycles. The third-order valence-corrected chi connectivity index (χ3v) is 3.21. The van der Waals surface area contributed by atoms with Gasteiger partial charge in [-0.1, -0.05) is 12.5 Å². The monoisotopic (exact) mass is 211 g/mol. The van der Waals surface area contributed by atoms with Gasteiger partial charge in [-0.05, 0) is 57.5 Å². The highest BCUT2D eigenvalue weighted by atomic mass is 16.3. The zero-order valence-corrected chi connectivity index (χ0v) is 9.75. The molecule has 2 heteroatoms. The Morgan fingerprint density at radius 2 is 2.13 bits per heavy atom. The summed E-state index contributed by atoms with van der Waals surface area (Å²) in [6.07, 6.45) is 10.2. The van der Waals surface area contributed by atoms with Gasteiger partial charge in [-0.2, -0.15) is 0 Å². The minimum atomic E-state index is -0.0237. The van der Waals surface area contributed by atoms with Gasteiger partial charge in [-0.3, -0.25) is 0 Å². The van der Waals surface area contributed by atoms with Gasteiger partial charge in [0, 0.05) is 0 Å². The first-order valence-corrected chi connectivity index (χ1v) is 6.32. The number of aliphatic hydroxyl groups excluding tert-OH is 1. The van der Waals surface area contributed by atoms with Crippen molar-refractivity contribution in [3.8, 4) is 0 Å². The van der Waals surface area contributed by atoms with Crippen LogP contribution in [0.3, 0.4) is 0 Å². The maximum absolute atomic E-state index is 9.36. The number of hydrogen-bond donors (Lipinski definition) is 2. The molecule has 1 aliphatic rings. The number of hydrogen-bond acceptors (Lipinski definition) is 2. The first-order valence-electron chi connectivity index (χ1n) is 6.32. The summed E-state index contributed by atoms with van der Waals surface area (Å²) >= 11 is 0. The van der Waals surface area contributed by atoms with Gasteiger partial charge in [0.15, 0.2) is 0 Å². The molecule has 0 saturated heterocycles. The van der Waals surface area contributed by atoms with Crippen molar-refractivity contribution in [2.45, 2.75) is 51.0 Å². The topological polar surface area (TPSA) is 32.3 Å². The quantitative estimate of drug-likeness (QED) is 0.477. The fourth-order valence-corrected chi connectivity index (χ4v) is 2.26. The van der Waals surface area contributed by atoms with Crippen LogP contribution in [0.25, 0.3) is 0 Å². The first kappa shape index (κ1) is 12.7. The van der Waals surface area contributed by atoms with Crippen LogP contribution in [0.15, 0.2) is 12.7 Å². The largest absolute Gasteiger partial charge is 0.393 e. The molecule has 2 nitrogen and oxygen atoms in total. The minimum Gasteiger partial charge on any atom is -0.393 e. The lowest BCUT2D eigenvalue weighted by atomic mass is 10.1. The summed E-state index contributed by atoms with van der Waals surface area (Å²) in [6.45, 7) is 5.94. The predicted molar refractivity (Wildman–Crippen MR) is 64.9 cm³/mol. The molecular formula is C13H25NO. The van der Waals surface area contributed by atoms with Crippen molar-refractivity contribution in [2.24, 2.45) is 5.92 Å². The van der Waals surface area contributed by atoms with Crippen molar-refractivity contribution < 1.29 is 5.11 Å². The van der Waals surface area contributed by atoms with Crippen molar-refractivity contribution in [1.82, 2.24) is 5.32 Å². The average Bonchev–Trinajstić information content (AvgIpc) is 2.63. The summed E-state index contributed by atoms with van der Waals surface area (Å²) < 4.78 is 0. The Morgan fingerprint density at radius 1 is 1.27 bits per heavy atom. The normalized spacial score (nSPS) is 25.7. The number of allylic oxidation sites excluding steroid dienone is 1. The third-order valence-electron chi connectivity index (χ3n) is 3.21. The SMILES string of the molecule is C=CCCCCCNCC1CCC(O)C1. The molecular weight excluding hydrogens is 186 g/mol. The van der Waals surface area contributed by atoms with E-state index in [9.17, 15) is 5.11 Å². The van der Waals surface area contributed by atoms with Gasteiger partial charge in [-0.25, -0.2) is 0 Å². The lowest BCUT2D eigenvalue weighted by molar-refractivity contribution is 0.177. The van der Waals surface area contributed by atoms with Crippen LogP contribution in [-0.4, -0.2) is 24.3 Å². The summed E-state index contributed by atoms with van der Waals surface area (Å²) in [5.41, 5.74) is 0. The van der Waals surface area contributed by atoms with Crippen LogP contribution >= 0.6 is 0 Å². The fourth-order valence-electron chi connectivity index (χ4n) is 2.26. The molecule has 2 atom stereocenters. The molecule has 88 valence electrons. The second-order valence-electron chi connectivity index (χ2n) is 4.68. The van der Waals surface area contributed by atoms with Gasteiger partial charge < -0.3 is 10.4 Å². The third kappa shape index (κ3) is 5.95. The predicted octanol–water partition coefficient (Wildman–Crippen LogP) is 2.48. The Morgan fingerprint density at radius 3 is 2.80 bits per heavy atom. The average molecular weight is 211 g/mol. The molecule has 2 N–H and O–H groups in total. The molecule has 0 aromatic rings. The highest BCUT2D eigenvalue weighted by molar-refractivity contribution is 4.76. The van der Waals surface area contributed by atoms with Gasteiger partial charge >= 0.3 is 0 Å². The lowest BCUT2D eigenvalue weighted by Gasteiger charge is -2.10. The van der Waals surface area contributed by atoms with E-state index in [-0.39, 0.29) is 6.10 Å². The first-order chi connectivity index (χ1) is 7.33. The van der Waals surface area contributed by atoms with Gasteiger partial charge in [0.25, 0.3) is 0 Å². The minimum absolute atomic E-state index is 0.0237. The van der Waals surface area contributed by atoms with Crippen molar-refractivity contribution in [3.05, 3.63) is 12.7 Å². The number of rotatable bonds is 8. The Kier molecular flexibility index (Phi) is 6.69. The van der Waals surface area contributed by atoms with E-state index in [2.05, 4.69) is 11.9 Å².